The van der Waals surface area contributed by atoms with E-state index in [2.05, 4.69) is 231 Å². The Kier molecular flexibility index (Phi) is 9.33. The summed E-state index contributed by atoms with van der Waals surface area (Å²) in [5.41, 5.74) is 18.0. The second-order valence-electron chi connectivity index (χ2n) is 17.9. The molecule has 0 bridgehead atoms. The molecule has 318 valence electrons. The molecule has 0 saturated carbocycles. The van der Waals surface area contributed by atoms with Crippen LogP contribution in [-0.4, -0.2) is 4.57 Å². The number of benzene rings is 10. The maximum absolute atomic E-state index is 6.51. The number of thiophene rings is 1. The molecule has 0 aliphatic carbocycles. The summed E-state index contributed by atoms with van der Waals surface area (Å²) in [5.74, 6) is 0. The maximum atomic E-state index is 6.51. The fourth-order valence-corrected chi connectivity index (χ4v) is 12.2. The molecule has 0 aliphatic rings. The summed E-state index contributed by atoms with van der Waals surface area (Å²) in [7, 11) is 0. The molecule has 2 nitrogen and oxygen atoms in total. The van der Waals surface area contributed by atoms with Crippen LogP contribution in [0.2, 0.25) is 0 Å². The van der Waals surface area contributed by atoms with Crippen molar-refractivity contribution < 1.29 is 4.42 Å². The molecule has 13 aromatic rings. The van der Waals surface area contributed by atoms with E-state index in [0.29, 0.717) is 0 Å². The van der Waals surface area contributed by atoms with Crippen molar-refractivity contribution in [2.75, 3.05) is 0 Å². The van der Waals surface area contributed by atoms with Crippen molar-refractivity contribution in [3.8, 4) is 39.1 Å². The smallest absolute Gasteiger partial charge is 0.138 e. The van der Waals surface area contributed by atoms with E-state index in [1.165, 1.54) is 119 Å². The third-order valence-electron chi connectivity index (χ3n) is 14.0. The zero-order valence-corrected chi connectivity index (χ0v) is 38.2. The number of hydrogen-bond donors (Lipinski definition) is 0. The van der Waals surface area contributed by atoms with E-state index in [1.54, 1.807) is 0 Å². The normalized spacial score (nSPS) is 12.1. The molecule has 0 N–H and O–H groups in total. The lowest BCUT2D eigenvalue weighted by molar-refractivity contribution is 0.662. The molecule has 13 rings (SSSR count). The van der Waals surface area contributed by atoms with Gasteiger partial charge in [-0.3, -0.25) is 0 Å². The lowest BCUT2D eigenvalue weighted by Crippen LogP contribution is -1.98. The summed E-state index contributed by atoms with van der Waals surface area (Å²) in [6, 6.07) is 73.9. The minimum absolute atomic E-state index is 0.873. The number of furan rings is 1. The monoisotopic (exact) mass is 875 g/mol. The zero-order chi connectivity index (χ0) is 44.6. The first-order chi connectivity index (χ1) is 33.1. The average molecular weight is 876 g/mol. The van der Waals surface area contributed by atoms with Gasteiger partial charge < -0.3 is 8.98 Å². The zero-order valence-electron chi connectivity index (χ0n) is 37.4. The maximum Gasteiger partial charge on any atom is 0.138 e. The molecular weight excluding hydrogens is 831 g/mol. The van der Waals surface area contributed by atoms with Crippen LogP contribution < -0.4 is 0 Å². The summed E-state index contributed by atoms with van der Waals surface area (Å²) in [4.78, 5) is 0. The highest BCUT2D eigenvalue weighted by atomic mass is 32.1. The fourth-order valence-electron chi connectivity index (χ4n) is 11.0. The summed E-state index contributed by atoms with van der Waals surface area (Å²) in [6.07, 6.45) is 6.26. The summed E-state index contributed by atoms with van der Waals surface area (Å²) < 4.78 is 11.6. The fraction of sp³-hybridized carbons (Fsp3) is 0.0625. The Morgan fingerprint density at radius 2 is 1.07 bits per heavy atom. The van der Waals surface area contributed by atoms with Crippen LogP contribution in [-0.2, 0) is 12.8 Å². The molecule has 0 amide bonds. The number of para-hydroxylation sites is 4. The number of rotatable bonds is 8. The third kappa shape index (κ3) is 6.37. The van der Waals surface area contributed by atoms with Crippen molar-refractivity contribution in [1.29, 1.82) is 0 Å². The Morgan fingerprint density at radius 1 is 0.478 bits per heavy atom. The topological polar surface area (TPSA) is 18.1 Å². The van der Waals surface area contributed by atoms with Gasteiger partial charge in [0.1, 0.15) is 11.2 Å². The van der Waals surface area contributed by atoms with Gasteiger partial charge >= 0.3 is 0 Å². The largest absolute Gasteiger partial charge is 0.456 e. The molecule has 0 aliphatic heterocycles. The second-order valence-corrected chi connectivity index (χ2v) is 18.9. The summed E-state index contributed by atoms with van der Waals surface area (Å²) in [6.45, 7) is 4.41. The van der Waals surface area contributed by atoms with Crippen molar-refractivity contribution in [3.05, 3.63) is 229 Å². The van der Waals surface area contributed by atoms with Crippen LogP contribution in [0.1, 0.15) is 29.2 Å². The van der Waals surface area contributed by atoms with Gasteiger partial charge in [-0.05, 0) is 148 Å². The van der Waals surface area contributed by atoms with Crippen LogP contribution in [0.4, 0.5) is 0 Å². The van der Waals surface area contributed by atoms with Gasteiger partial charge in [0.2, 0.25) is 0 Å². The highest BCUT2D eigenvalue weighted by molar-refractivity contribution is 7.26. The summed E-state index contributed by atoms with van der Waals surface area (Å²) >= 11 is 1.89. The highest BCUT2D eigenvalue weighted by Gasteiger charge is 2.21. The Morgan fingerprint density at radius 3 is 1.90 bits per heavy atom. The van der Waals surface area contributed by atoms with Gasteiger partial charge in [-0.25, -0.2) is 0 Å². The molecule has 3 aromatic heterocycles. The first-order valence-corrected chi connectivity index (χ1v) is 24.1. The molecule has 3 heterocycles. The Bertz CT molecular complexity index is 4120. The van der Waals surface area contributed by atoms with Crippen molar-refractivity contribution >= 4 is 92.1 Å². The van der Waals surface area contributed by atoms with Crippen LogP contribution in [0.15, 0.2) is 211 Å². The van der Waals surface area contributed by atoms with Crippen molar-refractivity contribution in [2.24, 2.45) is 0 Å². The Hall–Kier alpha value is -7.98. The quantitative estimate of drug-likeness (QED) is 0.149. The standard InChI is InChI=1S/C64H45NOS/c1-3-17-47-40(2)36-42(35-34-41-18-13-28-54-52-21-8-11-32-59(52)66-63(41)54)48-24-14-25-49(61(47)48)43-37-44(39-45(38-43)51-27-15-29-55-53-22-9-12-33-60(53)67-64(51)55)50-26-16-31-58-62(50)56-23-7-10-30-57(56)65(58)46-19-5-4-6-20-46/h3-33,36-39H,34-35H2,1-2H3/b17-3-. The predicted molar refractivity (Wildman–Crippen MR) is 288 cm³/mol. The van der Waals surface area contributed by atoms with E-state index in [1.807, 2.05) is 11.3 Å². The first-order valence-electron chi connectivity index (χ1n) is 23.3. The van der Waals surface area contributed by atoms with E-state index in [9.17, 15) is 0 Å². The number of aryl methyl sites for hydroxylation is 3. The van der Waals surface area contributed by atoms with Crippen LogP contribution >= 0.6 is 11.3 Å². The Labute approximate surface area is 393 Å². The molecular formula is C64H45NOS. The SMILES string of the molecule is C/C=C\c1c(C)cc(CCc2cccc3c2oc2ccccc23)c2cccc(-c3cc(-c4cccc5c4sc4ccccc45)cc(-c4cccc5c4c4ccccc4n5-c4ccccc4)c3)c12. The first kappa shape index (κ1) is 39.4. The minimum Gasteiger partial charge on any atom is -0.456 e. The molecule has 0 unspecified atom stereocenters. The van der Waals surface area contributed by atoms with Gasteiger partial charge in [-0.1, -0.05) is 158 Å². The molecule has 0 fully saturated rings. The van der Waals surface area contributed by atoms with Crippen LogP contribution in [0.3, 0.4) is 0 Å². The molecule has 0 spiro atoms. The van der Waals surface area contributed by atoms with E-state index in [4.69, 9.17) is 4.42 Å². The third-order valence-corrected chi connectivity index (χ3v) is 15.2. The molecule has 3 heteroatoms. The minimum atomic E-state index is 0.873. The lowest BCUT2D eigenvalue weighted by Gasteiger charge is -2.18. The van der Waals surface area contributed by atoms with Crippen LogP contribution in [0.25, 0.3) is 120 Å². The Balaban J connectivity index is 1.05. The molecule has 0 radical (unpaired) electrons. The van der Waals surface area contributed by atoms with Crippen molar-refractivity contribution in [3.63, 3.8) is 0 Å². The van der Waals surface area contributed by atoms with Gasteiger partial charge in [0.25, 0.3) is 0 Å². The van der Waals surface area contributed by atoms with Gasteiger partial charge in [0, 0.05) is 47.4 Å². The van der Waals surface area contributed by atoms with E-state index >= 15 is 0 Å². The molecule has 0 atom stereocenters. The number of fused-ring (bicyclic) bond motifs is 10. The number of nitrogens with zero attached hydrogens (tertiary/aromatic N) is 1. The van der Waals surface area contributed by atoms with Gasteiger partial charge in [-0.15, -0.1) is 11.3 Å². The van der Waals surface area contributed by atoms with Gasteiger partial charge in [-0.2, -0.15) is 0 Å². The molecule has 10 aromatic carbocycles. The van der Waals surface area contributed by atoms with E-state index in [0.717, 1.165) is 29.7 Å². The number of allylic oxidation sites excluding steroid dienone is 1. The average Bonchev–Trinajstić information content (AvgIpc) is 4.07. The van der Waals surface area contributed by atoms with Crippen molar-refractivity contribution in [1.82, 2.24) is 4.57 Å². The summed E-state index contributed by atoms with van der Waals surface area (Å²) in [5, 5.41) is 10.1. The van der Waals surface area contributed by atoms with Gasteiger partial charge in [0.15, 0.2) is 0 Å². The molecule has 67 heavy (non-hydrogen) atoms. The van der Waals surface area contributed by atoms with E-state index in [-0.39, 0.29) is 0 Å². The van der Waals surface area contributed by atoms with Crippen LogP contribution in [0, 0.1) is 6.92 Å². The van der Waals surface area contributed by atoms with Gasteiger partial charge in [0.05, 0.1) is 11.0 Å². The lowest BCUT2D eigenvalue weighted by atomic mass is 9.85. The van der Waals surface area contributed by atoms with Crippen molar-refractivity contribution in [2.45, 2.75) is 26.7 Å². The number of hydrogen-bond acceptors (Lipinski definition) is 2. The highest BCUT2D eigenvalue weighted by Crippen LogP contribution is 2.46. The predicted octanol–water partition coefficient (Wildman–Crippen LogP) is 18.3. The molecule has 0 saturated heterocycles. The second kappa shape index (κ2) is 15.9. The number of aromatic nitrogens is 1. The van der Waals surface area contributed by atoms with Crippen LogP contribution in [0.5, 0.6) is 0 Å². The van der Waals surface area contributed by atoms with E-state index < -0.39 is 0 Å².